The summed E-state index contributed by atoms with van der Waals surface area (Å²) in [5.74, 6) is 0.192. The number of anilines is 1. The Hall–Kier alpha value is -1.35. The predicted octanol–water partition coefficient (Wildman–Crippen LogP) is 3.18. The molecule has 0 spiro atoms. The van der Waals surface area contributed by atoms with Gasteiger partial charge in [0.1, 0.15) is 0 Å². The van der Waals surface area contributed by atoms with E-state index in [0.29, 0.717) is 6.42 Å². The van der Waals surface area contributed by atoms with Crippen LogP contribution in [0.15, 0.2) is 18.2 Å². The fourth-order valence-corrected chi connectivity index (χ4v) is 2.23. The Bertz CT molecular complexity index is 395. The summed E-state index contributed by atoms with van der Waals surface area (Å²) in [4.78, 5) is 13.9. The predicted molar refractivity (Wildman–Crippen MR) is 81.5 cm³/mol. The van der Waals surface area contributed by atoms with E-state index in [1.165, 1.54) is 11.1 Å². The largest absolute Gasteiger partial charge is 0.330 e. The lowest BCUT2D eigenvalue weighted by Gasteiger charge is -2.18. The molecule has 1 amide bonds. The first-order valence-electron chi connectivity index (χ1n) is 7.09. The minimum absolute atomic E-state index is 0.192. The molecule has 106 valence electrons. The third-order valence-electron chi connectivity index (χ3n) is 3.31. The van der Waals surface area contributed by atoms with Gasteiger partial charge in [-0.2, -0.15) is 0 Å². The molecule has 0 aliphatic rings. The second-order valence-corrected chi connectivity index (χ2v) is 5.25. The van der Waals surface area contributed by atoms with E-state index in [9.17, 15) is 4.79 Å². The van der Waals surface area contributed by atoms with Crippen molar-refractivity contribution < 1.29 is 4.79 Å². The van der Waals surface area contributed by atoms with E-state index in [-0.39, 0.29) is 5.91 Å². The summed E-state index contributed by atoms with van der Waals surface area (Å²) in [7, 11) is 1.86. The second kappa shape index (κ2) is 7.95. The van der Waals surface area contributed by atoms with Crippen LogP contribution in [0.25, 0.3) is 0 Å². The molecule has 1 rings (SSSR count). The summed E-state index contributed by atoms with van der Waals surface area (Å²) in [5, 5.41) is 0. The van der Waals surface area contributed by atoms with Crippen LogP contribution in [-0.4, -0.2) is 19.5 Å². The van der Waals surface area contributed by atoms with Gasteiger partial charge in [-0.1, -0.05) is 18.9 Å². The highest BCUT2D eigenvalue weighted by Gasteiger charge is 2.10. The van der Waals surface area contributed by atoms with Gasteiger partial charge in [-0.25, -0.2) is 0 Å². The SMILES string of the molecule is Cc1cc(C)cc(N(C)C(=O)CCCCCCN)c1. The molecule has 0 aromatic heterocycles. The Morgan fingerprint density at radius 2 is 1.63 bits per heavy atom. The lowest BCUT2D eigenvalue weighted by molar-refractivity contribution is -0.118. The fraction of sp³-hybridized carbons (Fsp3) is 0.562. The molecule has 1 aromatic carbocycles. The zero-order valence-electron chi connectivity index (χ0n) is 12.4. The van der Waals surface area contributed by atoms with Crippen LogP contribution in [0.2, 0.25) is 0 Å². The van der Waals surface area contributed by atoms with Gasteiger partial charge in [0.05, 0.1) is 0 Å². The molecule has 0 heterocycles. The van der Waals surface area contributed by atoms with Gasteiger partial charge in [0.2, 0.25) is 5.91 Å². The maximum atomic E-state index is 12.1. The van der Waals surface area contributed by atoms with Crippen LogP contribution >= 0.6 is 0 Å². The first-order chi connectivity index (χ1) is 9.04. The van der Waals surface area contributed by atoms with Crippen molar-refractivity contribution in [2.45, 2.75) is 46.0 Å². The van der Waals surface area contributed by atoms with E-state index in [0.717, 1.165) is 37.9 Å². The maximum absolute atomic E-state index is 12.1. The number of aryl methyl sites for hydroxylation is 2. The van der Waals surface area contributed by atoms with Crippen LogP contribution in [0, 0.1) is 13.8 Å². The average Bonchev–Trinajstić information content (AvgIpc) is 2.36. The Morgan fingerprint density at radius 1 is 1.05 bits per heavy atom. The standard InChI is InChI=1S/C16H26N2O/c1-13-10-14(2)12-15(11-13)18(3)16(19)8-6-4-5-7-9-17/h10-12H,4-9,17H2,1-3H3. The molecule has 0 aliphatic carbocycles. The normalized spacial score (nSPS) is 10.5. The topological polar surface area (TPSA) is 46.3 Å². The van der Waals surface area contributed by atoms with Crippen molar-refractivity contribution in [2.75, 3.05) is 18.5 Å². The molecule has 2 N–H and O–H groups in total. The highest BCUT2D eigenvalue weighted by molar-refractivity contribution is 5.92. The third kappa shape index (κ3) is 5.43. The summed E-state index contributed by atoms with van der Waals surface area (Å²) in [5.41, 5.74) is 8.82. The molecule has 0 atom stereocenters. The van der Waals surface area contributed by atoms with E-state index in [2.05, 4.69) is 32.0 Å². The Balaban J connectivity index is 2.47. The maximum Gasteiger partial charge on any atom is 0.226 e. The summed E-state index contributed by atoms with van der Waals surface area (Å²) in [6.07, 6.45) is 4.84. The second-order valence-electron chi connectivity index (χ2n) is 5.25. The molecule has 0 saturated heterocycles. The molecule has 0 radical (unpaired) electrons. The number of hydrogen-bond acceptors (Lipinski definition) is 2. The summed E-state index contributed by atoms with van der Waals surface area (Å²) < 4.78 is 0. The molecule has 19 heavy (non-hydrogen) atoms. The molecule has 3 nitrogen and oxygen atoms in total. The van der Waals surface area contributed by atoms with Crippen molar-refractivity contribution in [1.29, 1.82) is 0 Å². The van der Waals surface area contributed by atoms with E-state index >= 15 is 0 Å². The van der Waals surface area contributed by atoms with E-state index in [4.69, 9.17) is 5.73 Å². The van der Waals surface area contributed by atoms with Crippen molar-refractivity contribution in [1.82, 2.24) is 0 Å². The summed E-state index contributed by atoms with van der Waals surface area (Å²) in [6, 6.07) is 6.23. The van der Waals surface area contributed by atoms with Crippen LogP contribution in [0.5, 0.6) is 0 Å². The van der Waals surface area contributed by atoms with Crippen LogP contribution in [0.3, 0.4) is 0 Å². The van der Waals surface area contributed by atoms with Gasteiger partial charge >= 0.3 is 0 Å². The number of rotatable bonds is 7. The highest BCUT2D eigenvalue weighted by atomic mass is 16.2. The average molecular weight is 262 g/mol. The molecule has 0 unspecified atom stereocenters. The number of carbonyl (C=O) groups excluding carboxylic acids is 1. The summed E-state index contributed by atoms with van der Waals surface area (Å²) >= 11 is 0. The van der Waals surface area contributed by atoms with E-state index in [1.54, 1.807) is 4.90 Å². The molecule has 0 bridgehead atoms. The molecule has 0 fully saturated rings. The first kappa shape index (κ1) is 15.7. The van der Waals surface area contributed by atoms with Crippen molar-refractivity contribution in [2.24, 2.45) is 5.73 Å². The highest BCUT2D eigenvalue weighted by Crippen LogP contribution is 2.18. The lowest BCUT2D eigenvalue weighted by Crippen LogP contribution is -2.26. The van der Waals surface area contributed by atoms with Gasteiger partial charge in [0, 0.05) is 19.2 Å². The molecular weight excluding hydrogens is 236 g/mol. The van der Waals surface area contributed by atoms with Crippen LogP contribution in [0.4, 0.5) is 5.69 Å². The van der Waals surface area contributed by atoms with Crippen molar-refractivity contribution in [3.05, 3.63) is 29.3 Å². The third-order valence-corrected chi connectivity index (χ3v) is 3.31. The number of hydrogen-bond donors (Lipinski definition) is 1. The number of carbonyl (C=O) groups is 1. The number of nitrogens with two attached hydrogens (primary N) is 1. The van der Waals surface area contributed by atoms with Crippen molar-refractivity contribution in [3.8, 4) is 0 Å². The van der Waals surface area contributed by atoms with Gasteiger partial charge in [0.25, 0.3) is 0 Å². The van der Waals surface area contributed by atoms with Crippen LogP contribution in [0.1, 0.15) is 43.2 Å². The van der Waals surface area contributed by atoms with Gasteiger partial charge in [-0.3, -0.25) is 4.79 Å². The minimum atomic E-state index is 0.192. The first-order valence-corrected chi connectivity index (χ1v) is 7.09. The number of unbranched alkanes of at least 4 members (excludes halogenated alkanes) is 3. The van der Waals surface area contributed by atoms with Gasteiger partial charge in [0.15, 0.2) is 0 Å². The van der Waals surface area contributed by atoms with Gasteiger partial charge in [-0.15, -0.1) is 0 Å². The van der Waals surface area contributed by atoms with Crippen LogP contribution < -0.4 is 10.6 Å². The van der Waals surface area contributed by atoms with E-state index in [1.807, 2.05) is 7.05 Å². The van der Waals surface area contributed by atoms with Crippen molar-refractivity contribution in [3.63, 3.8) is 0 Å². The number of nitrogens with zero attached hydrogens (tertiary/aromatic N) is 1. The molecule has 0 saturated carbocycles. The van der Waals surface area contributed by atoms with Gasteiger partial charge in [-0.05, 0) is 56.5 Å². The monoisotopic (exact) mass is 262 g/mol. The number of amides is 1. The lowest BCUT2D eigenvalue weighted by atomic mass is 10.1. The quantitative estimate of drug-likeness (QED) is 0.767. The minimum Gasteiger partial charge on any atom is -0.330 e. The smallest absolute Gasteiger partial charge is 0.226 e. The Morgan fingerprint density at radius 3 is 2.21 bits per heavy atom. The number of benzene rings is 1. The summed E-state index contributed by atoms with van der Waals surface area (Å²) in [6.45, 7) is 4.86. The zero-order chi connectivity index (χ0) is 14.3. The van der Waals surface area contributed by atoms with Gasteiger partial charge < -0.3 is 10.6 Å². The van der Waals surface area contributed by atoms with Crippen LogP contribution in [-0.2, 0) is 4.79 Å². The Kier molecular flexibility index (Phi) is 6.57. The Labute approximate surface area is 116 Å². The molecule has 3 heteroatoms. The molecule has 1 aromatic rings. The zero-order valence-corrected chi connectivity index (χ0v) is 12.4. The van der Waals surface area contributed by atoms with Crippen molar-refractivity contribution >= 4 is 11.6 Å². The fourth-order valence-electron chi connectivity index (χ4n) is 2.23. The molecule has 0 aliphatic heterocycles. The van der Waals surface area contributed by atoms with E-state index < -0.39 is 0 Å². The molecular formula is C16H26N2O.